The highest BCUT2D eigenvalue weighted by Crippen LogP contribution is 2.23. The molecule has 0 aromatic carbocycles. The van der Waals surface area contributed by atoms with Crippen LogP contribution in [0.3, 0.4) is 0 Å². The first-order chi connectivity index (χ1) is 9.90. The molecule has 0 radical (unpaired) electrons. The Hall–Kier alpha value is -1.59. The van der Waals surface area contributed by atoms with Gasteiger partial charge in [-0.15, -0.1) is 0 Å². The molecule has 1 saturated carbocycles. The van der Waals surface area contributed by atoms with Crippen LogP contribution in [0.25, 0.3) is 0 Å². The molecule has 2 amide bonds. The molecule has 0 saturated heterocycles. The fourth-order valence-electron chi connectivity index (χ4n) is 2.61. The predicted molar refractivity (Wildman–Crippen MR) is 78.6 cm³/mol. The zero-order valence-electron chi connectivity index (χ0n) is 12.9. The van der Waals surface area contributed by atoms with E-state index in [2.05, 4.69) is 10.6 Å². The summed E-state index contributed by atoms with van der Waals surface area (Å²) in [5, 5.41) is 14.1. The van der Waals surface area contributed by atoms with Crippen molar-refractivity contribution in [2.24, 2.45) is 11.8 Å². The first-order valence-electron chi connectivity index (χ1n) is 7.70. The smallest absolute Gasteiger partial charge is 0.326 e. The molecule has 1 aliphatic rings. The van der Waals surface area contributed by atoms with Crippen LogP contribution < -0.4 is 10.6 Å². The lowest BCUT2D eigenvalue weighted by Gasteiger charge is -2.21. The van der Waals surface area contributed by atoms with E-state index in [4.69, 9.17) is 5.11 Å². The zero-order valence-corrected chi connectivity index (χ0v) is 12.9. The van der Waals surface area contributed by atoms with Crippen LogP contribution in [0.1, 0.15) is 52.4 Å². The van der Waals surface area contributed by atoms with Crippen molar-refractivity contribution in [1.29, 1.82) is 0 Å². The Bertz CT molecular complexity index is 376. The van der Waals surface area contributed by atoms with E-state index in [1.165, 1.54) is 6.42 Å². The topological polar surface area (TPSA) is 95.5 Å². The maximum atomic E-state index is 11.9. The van der Waals surface area contributed by atoms with Crippen LogP contribution in [-0.4, -0.2) is 35.5 Å². The molecule has 6 nitrogen and oxygen atoms in total. The van der Waals surface area contributed by atoms with Crippen molar-refractivity contribution in [1.82, 2.24) is 10.6 Å². The molecule has 0 heterocycles. The van der Waals surface area contributed by atoms with E-state index in [-0.39, 0.29) is 24.3 Å². The van der Waals surface area contributed by atoms with Crippen molar-refractivity contribution in [2.75, 3.05) is 6.54 Å². The number of carboxylic acids is 1. The molecule has 120 valence electrons. The van der Waals surface area contributed by atoms with E-state index in [1.54, 1.807) is 0 Å². The van der Waals surface area contributed by atoms with Gasteiger partial charge in [-0.3, -0.25) is 9.59 Å². The maximum absolute atomic E-state index is 11.9. The van der Waals surface area contributed by atoms with E-state index >= 15 is 0 Å². The molecule has 21 heavy (non-hydrogen) atoms. The van der Waals surface area contributed by atoms with Gasteiger partial charge in [-0.1, -0.05) is 33.1 Å². The minimum Gasteiger partial charge on any atom is -0.480 e. The van der Waals surface area contributed by atoms with Gasteiger partial charge in [0, 0.05) is 5.92 Å². The Balaban J connectivity index is 2.34. The molecule has 1 fully saturated rings. The second-order valence-electron chi connectivity index (χ2n) is 6.14. The number of carbonyl (C=O) groups is 3. The minimum absolute atomic E-state index is 0.00233. The molecule has 0 aromatic heterocycles. The van der Waals surface area contributed by atoms with E-state index in [0.29, 0.717) is 6.42 Å². The van der Waals surface area contributed by atoms with Crippen molar-refractivity contribution in [3.8, 4) is 0 Å². The van der Waals surface area contributed by atoms with Gasteiger partial charge in [0.2, 0.25) is 11.8 Å². The SMILES string of the molecule is CC(C)CC(NC(=O)CNC(=O)C1CCCCC1)C(=O)O. The second kappa shape index (κ2) is 8.64. The first-order valence-corrected chi connectivity index (χ1v) is 7.70. The Morgan fingerprint density at radius 3 is 2.29 bits per heavy atom. The molecule has 0 aliphatic heterocycles. The second-order valence-corrected chi connectivity index (χ2v) is 6.14. The maximum Gasteiger partial charge on any atom is 0.326 e. The summed E-state index contributed by atoms with van der Waals surface area (Å²) in [7, 11) is 0. The van der Waals surface area contributed by atoms with Crippen LogP contribution in [-0.2, 0) is 14.4 Å². The molecule has 0 bridgehead atoms. The van der Waals surface area contributed by atoms with Crippen molar-refractivity contribution in [2.45, 2.75) is 58.4 Å². The summed E-state index contributed by atoms with van der Waals surface area (Å²) >= 11 is 0. The van der Waals surface area contributed by atoms with E-state index in [1.807, 2.05) is 13.8 Å². The van der Waals surface area contributed by atoms with Gasteiger partial charge in [-0.2, -0.15) is 0 Å². The van der Waals surface area contributed by atoms with E-state index < -0.39 is 17.9 Å². The number of aliphatic carboxylic acids is 1. The molecule has 1 unspecified atom stereocenters. The molecular weight excluding hydrogens is 272 g/mol. The van der Waals surface area contributed by atoms with Gasteiger partial charge in [0.05, 0.1) is 6.54 Å². The van der Waals surface area contributed by atoms with Crippen molar-refractivity contribution >= 4 is 17.8 Å². The zero-order chi connectivity index (χ0) is 15.8. The van der Waals surface area contributed by atoms with Crippen LogP contribution in [0.4, 0.5) is 0 Å². The quantitative estimate of drug-likeness (QED) is 0.660. The lowest BCUT2D eigenvalue weighted by atomic mass is 9.89. The van der Waals surface area contributed by atoms with Gasteiger partial charge in [-0.25, -0.2) is 4.79 Å². The van der Waals surface area contributed by atoms with Crippen molar-refractivity contribution in [3.63, 3.8) is 0 Å². The summed E-state index contributed by atoms with van der Waals surface area (Å²) < 4.78 is 0. The summed E-state index contributed by atoms with van der Waals surface area (Å²) in [4.78, 5) is 34.7. The number of amides is 2. The molecule has 1 rings (SSSR count). The number of carboxylic acid groups (broad SMARTS) is 1. The van der Waals surface area contributed by atoms with E-state index in [0.717, 1.165) is 25.7 Å². The van der Waals surface area contributed by atoms with Gasteiger partial charge in [-0.05, 0) is 25.2 Å². The molecular formula is C15H26N2O4. The summed E-state index contributed by atoms with van der Waals surface area (Å²) in [5.41, 5.74) is 0. The van der Waals surface area contributed by atoms with Gasteiger partial charge >= 0.3 is 5.97 Å². The highest BCUT2D eigenvalue weighted by atomic mass is 16.4. The number of hydrogen-bond donors (Lipinski definition) is 3. The molecule has 0 aromatic rings. The monoisotopic (exact) mass is 298 g/mol. The van der Waals surface area contributed by atoms with Gasteiger partial charge in [0.15, 0.2) is 0 Å². The fraction of sp³-hybridized carbons (Fsp3) is 0.800. The lowest BCUT2D eigenvalue weighted by molar-refractivity contribution is -0.142. The van der Waals surface area contributed by atoms with Crippen LogP contribution in [0.5, 0.6) is 0 Å². The van der Waals surface area contributed by atoms with Crippen LogP contribution in [0, 0.1) is 11.8 Å². The minimum atomic E-state index is -1.05. The number of nitrogens with one attached hydrogen (secondary N) is 2. The average Bonchev–Trinajstić information content (AvgIpc) is 2.44. The third-order valence-corrected chi connectivity index (χ3v) is 3.74. The Labute approximate surface area is 125 Å². The number of carbonyl (C=O) groups excluding carboxylic acids is 2. The summed E-state index contributed by atoms with van der Waals surface area (Å²) in [6.07, 6.45) is 5.40. The van der Waals surface area contributed by atoms with Crippen molar-refractivity contribution in [3.05, 3.63) is 0 Å². The first kappa shape index (κ1) is 17.5. The normalized spacial score (nSPS) is 17.3. The van der Waals surface area contributed by atoms with Crippen LogP contribution in [0.2, 0.25) is 0 Å². The summed E-state index contributed by atoms with van der Waals surface area (Å²) in [6, 6.07) is -0.899. The van der Waals surface area contributed by atoms with Crippen molar-refractivity contribution < 1.29 is 19.5 Å². The van der Waals surface area contributed by atoms with Crippen LogP contribution >= 0.6 is 0 Å². The predicted octanol–water partition coefficient (Wildman–Crippen LogP) is 1.30. The molecule has 3 N–H and O–H groups in total. The molecule has 0 spiro atoms. The Morgan fingerprint density at radius 2 is 1.76 bits per heavy atom. The third-order valence-electron chi connectivity index (χ3n) is 3.74. The Morgan fingerprint density at radius 1 is 1.14 bits per heavy atom. The van der Waals surface area contributed by atoms with E-state index in [9.17, 15) is 14.4 Å². The Kier molecular flexibility index (Phi) is 7.19. The standard InChI is InChI=1S/C15H26N2O4/c1-10(2)8-12(15(20)21)17-13(18)9-16-14(19)11-6-4-3-5-7-11/h10-12H,3-9H2,1-2H3,(H,16,19)(H,17,18)(H,20,21). The summed E-state index contributed by atoms with van der Waals surface area (Å²) in [5.74, 6) is -1.43. The third kappa shape index (κ3) is 6.60. The fourth-order valence-corrected chi connectivity index (χ4v) is 2.61. The van der Waals surface area contributed by atoms with Crippen LogP contribution in [0.15, 0.2) is 0 Å². The van der Waals surface area contributed by atoms with Gasteiger partial charge in [0.25, 0.3) is 0 Å². The van der Waals surface area contributed by atoms with Gasteiger partial charge in [0.1, 0.15) is 6.04 Å². The molecule has 6 heteroatoms. The molecule has 1 atom stereocenters. The highest BCUT2D eigenvalue weighted by Gasteiger charge is 2.23. The number of rotatable bonds is 7. The lowest BCUT2D eigenvalue weighted by Crippen LogP contribution is -2.47. The van der Waals surface area contributed by atoms with Gasteiger partial charge < -0.3 is 15.7 Å². The highest BCUT2D eigenvalue weighted by molar-refractivity contribution is 5.88. The molecule has 1 aliphatic carbocycles. The average molecular weight is 298 g/mol. The number of hydrogen-bond acceptors (Lipinski definition) is 3. The summed E-state index contributed by atoms with van der Waals surface area (Å²) in [6.45, 7) is 3.64. The largest absolute Gasteiger partial charge is 0.480 e.